The van der Waals surface area contributed by atoms with Crippen molar-refractivity contribution in [3.63, 3.8) is 0 Å². The third-order valence-corrected chi connectivity index (χ3v) is 4.25. The number of halogens is 1. The SMILES string of the molecule is CC(C)(C)c1nc(-c2ccc(Br)cc2)c(N)s1. The molecule has 1 aromatic carbocycles. The Morgan fingerprint density at radius 2 is 1.76 bits per heavy atom. The summed E-state index contributed by atoms with van der Waals surface area (Å²) in [5.74, 6) is 0. The van der Waals surface area contributed by atoms with E-state index in [1.807, 2.05) is 24.3 Å². The van der Waals surface area contributed by atoms with Crippen molar-refractivity contribution in [2.45, 2.75) is 26.2 Å². The number of anilines is 1. The molecule has 0 saturated carbocycles. The lowest BCUT2D eigenvalue weighted by Gasteiger charge is -2.13. The van der Waals surface area contributed by atoms with Gasteiger partial charge in [-0.15, -0.1) is 11.3 Å². The van der Waals surface area contributed by atoms with Crippen LogP contribution in [0.15, 0.2) is 28.7 Å². The number of benzene rings is 1. The van der Waals surface area contributed by atoms with Crippen LogP contribution in [0.4, 0.5) is 5.00 Å². The molecule has 2 nitrogen and oxygen atoms in total. The number of nitrogen functional groups attached to an aromatic ring is 1. The fourth-order valence-electron chi connectivity index (χ4n) is 1.47. The largest absolute Gasteiger partial charge is 0.389 e. The van der Waals surface area contributed by atoms with Crippen molar-refractivity contribution in [1.29, 1.82) is 0 Å². The molecular weight excluding hydrogens is 296 g/mol. The Morgan fingerprint density at radius 3 is 2.24 bits per heavy atom. The van der Waals surface area contributed by atoms with Gasteiger partial charge < -0.3 is 5.73 Å². The number of nitrogens with zero attached hydrogens (tertiary/aromatic N) is 1. The average molecular weight is 311 g/mol. The number of rotatable bonds is 1. The van der Waals surface area contributed by atoms with Gasteiger partial charge >= 0.3 is 0 Å². The molecule has 2 N–H and O–H groups in total. The van der Waals surface area contributed by atoms with Crippen LogP contribution in [0.25, 0.3) is 11.3 Å². The lowest BCUT2D eigenvalue weighted by molar-refractivity contribution is 0.586. The lowest BCUT2D eigenvalue weighted by Crippen LogP contribution is -2.10. The van der Waals surface area contributed by atoms with Gasteiger partial charge in [-0.05, 0) is 12.1 Å². The van der Waals surface area contributed by atoms with Gasteiger partial charge in [-0.25, -0.2) is 4.98 Å². The molecule has 0 fully saturated rings. The van der Waals surface area contributed by atoms with Crippen molar-refractivity contribution in [2.24, 2.45) is 0 Å². The molecule has 2 rings (SSSR count). The number of nitrogens with two attached hydrogens (primary N) is 1. The van der Waals surface area contributed by atoms with Gasteiger partial charge in [0.1, 0.15) is 15.7 Å². The summed E-state index contributed by atoms with van der Waals surface area (Å²) in [6, 6.07) is 8.07. The van der Waals surface area contributed by atoms with E-state index in [0.717, 1.165) is 25.7 Å². The molecule has 4 heteroatoms. The maximum absolute atomic E-state index is 6.05. The second-order valence-electron chi connectivity index (χ2n) is 4.99. The minimum absolute atomic E-state index is 0.0480. The molecule has 1 heterocycles. The summed E-state index contributed by atoms with van der Waals surface area (Å²) in [6.07, 6.45) is 0. The Labute approximate surface area is 114 Å². The highest BCUT2D eigenvalue weighted by molar-refractivity contribution is 9.10. The smallest absolute Gasteiger partial charge is 0.114 e. The van der Waals surface area contributed by atoms with Crippen LogP contribution in [0.5, 0.6) is 0 Å². The van der Waals surface area contributed by atoms with Crippen LogP contribution in [-0.4, -0.2) is 4.98 Å². The second-order valence-corrected chi connectivity index (χ2v) is 6.94. The summed E-state index contributed by atoms with van der Waals surface area (Å²) in [5.41, 5.74) is 8.06. The second kappa shape index (κ2) is 4.42. The Hall–Kier alpha value is -0.870. The molecule has 17 heavy (non-hydrogen) atoms. The van der Waals surface area contributed by atoms with Crippen LogP contribution in [-0.2, 0) is 5.41 Å². The zero-order chi connectivity index (χ0) is 12.6. The number of aromatic nitrogens is 1. The molecule has 0 unspecified atom stereocenters. The van der Waals surface area contributed by atoms with E-state index < -0.39 is 0 Å². The van der Waals surface area contributed by atoms with E-state index in [-0.39, 0.29) is 5.41 Å². The van der Waals surface area contributed by atoms with Crippen molar-refractivity contribution in [2.75, 3.05) is 5.73 Å². The highest BCUT2D eigenvalue weighted by Crippen LogP contribution is 2.36. The minimum Gasteiger partial charge on any atom is -0.389 e. The van der Waals surface area contributed by atoms with Crippen molar-refractivity contribution in [3.05, 3.63) is 33.7 Å². The van der Waals surface area contributed by atoms with Gasteiger partial charge in [0, 0.05) is 15.5 Å². The summed E-state index contributed by atoms with van der Waals surface area (Å²) < 4.78 is 1.06. The molecule has 0 saturated heterocycles. The molecule has 0 atom stereocenters. The average Bonchev–Trinajstić information content (AvgIpc) is 2.61. The molecule has 1 aromatic heterocycles. The van der Waals surface area contributed by atoms with Crippen molar-refractivity contribution in [3.8, 4) is 11.3 Å². The van der Waals surface area contributed by atoms with Crippen LogP contribution in [0.3, 0.4) is 0 Å². The molecule has 0 aliphatic carbocycles. The highest BCUT2D eigenvalue weighted by Gasteiger charge is 2.21. The summed E-state index contributed by atoms with van der Waals surface area (Å²) >= 11 is 5.00. The third-order valence-electron chi connectivity index (χ3n) is 2.41. The molecular formula is C13H15BrN2S. The van der Waals surface area contributed by atoms with E-state index in [1.54, 1.807) is 11.3 Å². The molecule has 0 amide bonds. The van der Waals surface area contributed by atoms with Crippen LogP contribution in [0.2, 0.25) is 0 Å². The Morgan fingerprint density at radius 1 is 1.18 bits per heavy atom. The van der Waals surface area contributed by atoms with E-state index in [2.05, 4.69) is 41.7 Å². The topological polar surface area (TPSA) is 38.9 Å². The van der Waals surface area contributed by atoms with Crippen molar-refractivity contribution in [1.82, 2.24) is 4.98 Å². The Bertz CT molecular complexity index is 523. The summed E-state index contributed by atoms with van der Waals surface area (Å²) in [5, 5.41) is 1.87. The maximum atomic E-state index is 6.05. The normalized spacial score (nSPS) is 11.8. The zero-order valence-electron chi connectivity index (χ0n) is 10.1. The zero-order valence-corrected chi connectivity index (χ0v) is 12.5. The quantitative estimate of drug-likeness (QED) is 0.845. The van der Waals surface area contributed by atoms with Gasteiger partial charge in [0.2, 0.25) is 0 Å². The number of hydrogen-bond donors (Lipinski definition) is 1. The number of hydrogen-bond acceptors (Lipinski definition) is 3. The van der Waals surface area contributed by atoms with Crippen molar-refractivity contribution < 1.29 is 0 Å². The van der Waals surface area contributed by atoms with Gasteiger partial charge in [0.05, 0.1) is 0 Å². The molecule has 2 aromatic rings. The minimum atomic E-state index is 0.0480. The molecule has 0 bridgehead atoms. The van der Waals surface area contributed by atoms with Crippen molar-refractivity contribution >= 4 is 32.3 Å². The van der Waals surface area contributed by atoms with Gasteiger partial charge in [-0.3, -0.25) is 0 Å². The molecule has 0 spiro atoms. The predicted molar refractivity (Wildman–Crippen MR) is 78.4 cm³/mol. The lowest BCUT2D eigenvalue weighted by atomic mass is 9.98. The summed E-state index contributed by atoms with van der Waals surface area (Å²) in [4.78, 5) is 4.66. The molecule has 0 aliphatic heterocycles. The predicted octanol–water partition coefficient (Wildman–Crippen LogP) is 4.45. The van der Waals surface area contributed by atoms with Crippen LogP contribution < -0.4 is 5.73 Å². The monoisotopic (exact) mass is 310 g/mol. The Balaban J connectivity index is 2.46. The van der Waals surface area contributed by atoms with E-state index >= 15 is 0 Å². The maximum Gasteiger partial charge on any atom is 0.114 e. The van der Waals surface area contributed by atoms with Crippen LogP contribution >= 0.6 is 27.3 Å². The first-order valence-electron chi connectivity index (χ1n) is 5.40. The first-order chi connectivity index (χ1) is 7.88. The summed E-state index contributed by atoms with van der Waals surface area (Å²) in [6.45, 7) is 6.45. The number of thiazole rings is 1. The van der Waals surface area contributed by atoms with Gasteiger partial charge in [-0.2, -0.15) is 0 Å². The van der Waals surface area contributed by atoms with Gasteiger partial charge in [0.25, 0.3) is 0 Å². The van der Waals surface area contributed by atoms with Crippen LogP contribution in [0.1, 0.15) is 25.8 Å². The van der Waals surface area contributed by atoms with Gasteiger partial charge in [0.15, 0.2) is 0 Å². The molecule has 90 valence electrons. The first-order valence-corrected chi connectivity index (χ1v) is 7.01. The van der Waals surface area contributed by atoms with E-state index in [1.165, 1.54) is 0 Å². The molecule has 0 radical (unpaired) electrons. The van der Waals surface area contributed by atoms with E-state index in [4.69, 9.17) is 5.73 Å². The van der Waals surface area contributed by atoms with E-state index in [9.17, 15) is 0 Å². The standard InChI is InChI=1S/C13H15BrN2S/c1-13(2,3)12-16-10(11(15)17-12)8-4-6-9(14)7-5-8/h4-7H,15H2,1-3H3. The first kappa shape index (κ1) is 12.6. The Kier molecular flexibility index (Phi) is 3.27. The fraction of sp³-hybridized carbons (Fsp3) is 0.308. The summed E-state index contributed by atoms with van der Waals surface area (Å²) in [7, 11) is 0. The molecule has 0 aliphatic rings. The highest BCUT2D eigenvalue weighted by atomic mass is 79.9. The third kappa shape index (κ3) is 2.69. The van der Waals surface area contributed by atoms with Crippen LogP contribution in [0, 0.1) is 0 Å². The van der Waals surface area contributed by atoms with E-state index in [0.29, 0.717) is 0 Å². The van der Waals surface area contributed by atoms with Gasteiger partial charge in [-0.1, -0.05) is 48.8 Å². The fourth-order valence-corrected chi connectivity index (χ4v) is 2.64.